The maximum Gasteiger partial charge on any atom is 0.306 e. The molecule has 0 saturated carbocycles. The highest BCUT2D eigenvalue weighted by atomic mass is 28.1. The first-order valence-electron chi connectivity index (χ1n) is 1.24. The number of hydrogen-bond donors (Lipinski definition) is 2. The molecule has 5 heteroatoms. The van der Waals surface area contributed by atoms with Crippen LogP contribution < -0.4 is 11.5 Å². The van der Waals surface area contributed by atoms with Crippen LogP contribution in [0.3, 0.4) is 0 Å². The molecule has 0 aliphatic carbocycles. The van der Waals surface area contributed by atoms with Gasteiger partial charge in [0.05, 0.1) is 0 Å². The molecule has 0 fully saturated rings. The van der Waals surface area contributed by atoms with E-state index in [1.165, 1.54) is 0 Å². The summed E-state index contributed by atoms with van der Waals surface area (Å²) < 4.78 is 0. The largest absolute Gasteiger partial charge is 0.361 e. The summed E-state index contributed by atoms with van der Waals surface area (Å²) in [4.78, 5) is 18.9. The van der Waals surface area contributed by atoms with Crippen molar-refractivity contribution in [3.63, 3.8) is 0 Å². The molecule has 0 saturated heterocycles. The fourth-order valence-electron chi connectivity index (χ4n) is 0. The first-order chi connectivity index (χ1) is 2.64. The van der Waals surface area contributed by atoms with Gasteiger partial charge in [-0.15, -0.1) is 0 Å². The number of amides is 2. The van der Waals surface area contributed by atoms with Crippen LogP contribution in [-0.4, -0.2) is 22.8 Å². The van der Waals surface area contributed by atoms with Crippen molar-refractivity contribution in [3.05, 3.63) is 0 Å². The average Bonchev–Trinajstić information content (AvgIpc) is 1.36. The van der Waals surface area contributed by atoms with E-state index in [9.17, 15) is 9.59 Å². The zero-order valence-electron chi connectivity index (χ0n) is 2.97. The third-order valence-corrected chi connectivity index (χ3v) is 0.243. The second-order valence-electron chi connectivity index (χ2n) is 0.729. The molecule has 2 amide bonds. The molecule has 0 aromatic rings. The SMILES string of the molecule is NC(=O)C(N)=O.[SiH4]. The summed E-state index contributed by atoms with van der Waals surface area (Å²) in [5.41, 5.74) is 8.64. The zero-order valence-corrected chi connectivity index (χ0v) is 2.97. The van der Waals surface area contributed by atoms with Gasteiger partial charge in [0.1, 0.15) is 0 Å². The molecule has 0 aromatic carbocycles. The summed E-state index contributed by atoms with van der Waals surface area (Å²) in [6.45, 7) is 0. The summed E-state index contributed by atoms with van der Waals surface area (Å²) in [6.07, 6.45) is 0. The van der Waals surface area contributed by atoms with E-state index in [2.05, 4.69) is 11.5 Å². The minimum Gasteiger partial charge on any atom is -0.361 e. The van der Waals surface area contributed by atoms with Gasteiger partial charge in [0, 0.05) is 0 Å². The van der Waals surface area contributed by atoms with Gasteiger partial charge >= 0.3 is 11.8 Å². The Kier molecular flexibility index (Phi) is 4.54. The molecular weight excluding hydrogens is 112 g/mol. The topological polar surface area (TPSA) is 86.2 Å². The van der Waals surface area contributed by atoms with Gasteiger partial charge in [-0.2, -0.15) is 0 Å². The van der Waals surface area contributed by atoms with Crippen LogP contribution in [0.1, 0.15) is 0 Å². The van der Waals surface area contributed by atoms with Crippen LogP contribution in [0.5, 0.6) is 0 Å². The molecule has 4 nitrogen and oxygen atoms in total. The van der Waals surface area contributed by atoms with Gasteiger partial charge in [0.25, 0.3) is 0 Å². The van der Waals surface area contributed by atoms with Crippen molar-refractivity contribution in [1.29, 1.82) is 0 Å². The normalized spacial score (nSPS) is 6.29. The van der Waals surface area contributed by atoms with E-state index in [-0.39, 0.29) is 11.0 Å². The highest BCUT2D eigenvalue weighted by molar-refractivity contribution is 6.33. The van der Waals surface area contributed by atoms with Crippen molar-refractivity contribution in [3.8, 4) is 0 Å². The lowest BCUT2D eigenvalue weighted by atomic mass is 10.6. The lowest BCUT2D eigenvalue weighted by Gasteiger charge is -1.75. The molecule has 0 spiro atoms. The smallest absolute Gasteiger partial charge is 0.306 e. The van der Waals surface area contributed by atoms with Crippen molar-refractivity contribution in [1.82, 2.24) is 0 Å². The standard InChI is InChI=1S/C2H4N2O2.H4Si/c3-1(5)2(4)6;/h(H2,3,5)(H2,4,6);1H4. The summed E-state index contributed by atoms with van der Waals surface area (Å²) in [7, 11) is 0. The first kappa shape index (κ1) is 9.48. The predicted molar refractivity (Wildman–Crippen MR) is 29.7 cm³/mol. The Balaban J connectivity index is 0. The van der Waals surface area contributed by atoms with Gasteiger partial charge in [-0.05, 0) is 11.0 Å². The van der Waals surface area contributed by atoms with E-state index >= 15 is 0 Å². The second-order valence-corrected chi connectivity index (χ2v) is 0.729. The minimum absolute atomic E-state index is 0. The maximum absolute atomic E-state index is 9.45. The molecule has 42 valence electrons. The van der Waals surface area contributed by atoms with Gasteiger partial charge in [-0.3, -0.25) is 9.59 Å². The zero-order chi connectivity index (χ0) is 5.15. The van der Waals surface area contributed by atoms with Crippen LogP contribution >= 0.6 is 0 Å². The van der Waals surface area contributed by atoms with E-state index < -0.39 is 11.8 Å². The molecule has 0 heterocycles. The number of carbonyl (C=O) groups is 2. The van der Waals surface area contributed by atoms with E-state index in [1.54, 1.807) is 0 Å². The third kappa shape index (κ3) is 5.16. The molecule has 7 heavy (non-hydrogen) atoms. The van der Waals surface area contributed by atoms with Gasteiger partial charge in [0.15, 0.2) is 0 Å². The third-order valence-electron chi connectivity index (χ3n) is 0.243. The maximum atomic E-state index is 9.45. The van der Waals surface area contributed by atoms with Crippen molar-refractivity contribution in [2.75, 3.05) is 0 Å². The molecular formula is C2H8N2O2Si. The quantitative estimate of drug-likeness (QED) is 0.257. The molecule has 0 aromatic heterocycles. The summed E-state index contributed by atoms with van der Waals surface area (Å²) in [5, 5.41) is 0. The Morgan fingerprint density at radius 3 is 1.14 bits per heavy atom. The monoisotopic (exact) mass is 120 g/mol. The molecule has 0 aliphatic heterocycles. The van der Waals surface area contributed by atoms with Crippen molar-refractivity contribution >= 4 is 22.8 Å². The summed E-state index contributed by atoms with van der Waals surface area (Å²) in [6, 6.07) is 0. The van der Waals surface area contributed by atoms with Crippen LogP contribution in [0, 0.1) is 0 Å². The Morgan fingerprint density at radius 1 is 1.00 bits per heavy atom. The fourth-order valence-corrected chi connectivity index (χ4v) is 0. The number of nitrogens with two attached hydrogens (primary N) is 2. The lowest BCUT2D eigenvalue weighted by molar-refractivity contribution is -0.135. The Hall–Kier alpha value is -0.843. The van der Waals surface area contributed by atoms with Crippen LogP contribution in [0.25, 0.3) is 0 Å². The fraction of sp³-hybridized carbons (Fsp3) is 0. The van der Waals surface area contributed by atoms with E-state index in [0.29, 0.717) is 0 Å². The van der Waals surface area contributed by atoms with Crippen molar-refractivity contribution in [2.45, 2.75) is 0 Å². The molecule has 4 N–H and O–H groups in total. The molecule has 0 radical (unpaired) electrons. The Labute approximate surface area is 44.9 Å². The van der Waals surface area contributed by atoms with E-state index in [1.807, 2.05) is 0 Å². The van der Waals surface area contributed by atoms with Crippen LogP contribution in [0.4, 0.5) is 0 Å². The van der Waals surface area contributed by atoms with Crippen molar-refractivity contribution < 1.29 is 9.59 Å². The number of primary amides is 2. The highest BCUT2D eigenvalue weighted by Gasteiger charge is 1.96. The molecule has 0 atom stereocenters. The summed E-state index contributed by atoms with van der Waals surface area (Å²) >= 11 is 0. The lowest BCUT2D eigenvalue weighted by Crippen LogP contribution is -2.29. The van der Waals surface area contributed by atoms with Crippen molar-refractivity contribution in [2.24, 2.45) is 11.5 Å². The summed E-state index contributed by atoms with van der Waals surface area (Å²) in [5.74, 6) is -2.20. The molecule has 0 unspecified atom stereocenters. The average molecular weight is 120 g/mol. The predicted octanol–water partition coefficient (Wildman–Crippen LogP) is -3.49. The molecule has 0 rings (SSSR count). The van der Waals surface area contributed by atoms with Crippen LogP contribution in [-0.2, 0) is 9.59 Å². The number of rotatable bonds is 0. The minimum atomic E-state index is -1.10. The number of carbonyl (C=O) groups excluding carboxylic acids is 2. The van der Waals surface area contributed by atoms with Crippen LogP contribution in [0.2, 0.25) is 0 Å². The Morgan fingerprint density at radius 2 is 1.14 bits per heavy atom. The van der Waals surface area contributed by atoms with E-state index in [0.717, 1.165) is 0 Å². The van der Waals surface area contributed by atoms with E-state index in [4.69, 9.17) is 0 Å². The van der Waals surface area contributed by atoms with Gasteiger partial charge in [0.2, 0.25) is 0 Å². The first-order valence-corrected chi connectivity index (χ1v) is 1.24. The number of hydrogen-bond acceptors (Lipinski definition) is 2. The molecule has 0 bridgehead atoms. The second kappa shape index (κ2) is 3.35. The highest BCUT2D eigenvalue weighted by Crippen LogP contribution is 1.44. The van der Waals surface area contributed by atoms with Gasteiger partial charge in [-0.25, -0.2) is 0 Å². The van der Waals surface area contributed by atoms with Gasteiger partial charge < -0.3 is 11.5 Å². The Bertz CT molecular complexity index is 79.7. The molecule has 0 aliphatic rings. The van der Waals surface area contributed by atoms with Gasteiger partial charge in [-0.1, -0.05) is 0 Å². The van der Waals surface area contributed by atoms with Crippen LogP contribution in [0.15, 0.2) is 0 Å².